The third kappa shape index (κ3) is 6.38. The van der Waals surface area contributed by atoms with Gasteiger partial charge in [0, 0.05) is 12.0 Å². The number of aryl methyl sites for hydroxylation is 1. The Morgan fingerprint density at radius 2 is 1.93 bits per heavy atom. The van der Waals surface area contributed by atoms with E-state index in [4.69, 9.17) is 0 Å². The number of rotatable bonds is 8. The van der Waals surface area contributed by atoms with Crippen molar-refractivity contribution in [3.05, 3.63) is 47.0 Å². The second-order valence-corrected chi connectivity index (χ2v) is 6.88. The first-order chi connectivity index (χ1) is 13.1. The van der Waals surface area contributed by atoms with Gasteiger partial charge < -0.3 is 4.74 Å². The minimum Gasteiger partial charge on any atom is -0.453 e. The Kier molecular flexibility index (Phi) is 8.66. The first-order valence-electron chi connectivity index (χ1n) is 9.29. The second kappa shape index (κ2) is 10.5. The smallest absolute Gasteiger partial charge is 0.408 e. The molecule has 1 aromatic rings. The van der Waals surface area contributed by atoms with E-state index in [-0.39, 0.29) is 18.0 Å². The number of methoxy groups -OCH3 is 1. The van der Waals surface area contributed by atoms with Crippen LogP contribution in [-0.4, -0.2) is 30.3 Å². The minimum atomic E-state index is -1.32. The van der Waals surface area contributed by atoms with Gasteiger partial charge in [0.25, 0.3) is 0 Å². The van der Waals surface area contributed by atoms with Gasteiger partial charge in [-0.15, -0.1) is 5.92 Å². The number of hydrogen-bond acceptors (Lipinski definition) is 4. The lowest BCUT2D eigenvalue weighted by Crippen LogP contribution is -2.52. The number of amides is 1. The molecule has 28 heavy (non-hydrogen) atoms. The number of ether oxygens (including phenoxy) is 1. The molecule has 5 nitrogen and oxygen atoms in total. The lowest BCUT2D eigenvalue weighted by molar-refractivity contribution is -0.121. The Hall–Kier alpha value is -2.87. The molecule has 0 bridgehead atoms. The van der Waals surface area contributed by atoms with Gasteiger partial charge in [-0.3, -0.25) is 14.9 Å². The van der Waals surface area contributed by atoms with Crippen molar-refractivity contribution in [3.8, 4) is 11.8 Å². The number of alkyl carbamates (subject to hydrolysis) is 1. The van der Waals surface area contributed by atoms with E-state index >= 15 is 0 Å². The zero-order chi connectivity index (χ0) is 21.3. The lowest BCUT2D eigenvalue weighted by atomic mass is 9.86. The molecule has 0 fully saturated rings. The van der Waals surface area contributed by atoms with E-state index < -0.39 is 11.6 Å². The molecular formula is C23H29NO4. The van der Waals surface area contributed by atoms with Crippen molar-refractivity contribution in [1.82, 2.24) is 5.32 Å². The fourth-order valence-electron chi connectivity index (χ4n) is 2.87. The van der Waals surface area contributed by atoms with E-state index in [9.17, 15) is 14.4 Å². The molecule has 1 amide bonds. The van der Waals surface area contributed by atoms with Crippen molar-refractivity contribution in [2.75, 3.05) is 7.11 Å². The van der Waals surface area contributed by atoms with Gasteiger partial charge in [-0.2, -0.15) is 0 Å². The molecule has 1 rings (SSSR count). The number of carbonyl (C=O) groups excluding carboxylic acids is 3. The fraction of sp³-hybridized carbons (Fsp3) is 0.435. The Morgan fingerprint density at radius 1 is 1.25 bits per heavy atom. The largest absolute Gasteiger partial charge is 0.453 e. The molecule has 0 aliphatic heterocycles. The monoisotopic (exact) mass is 383 g/mol. The first kappa shape index (κ1) is 23.2. The number of Topliss-reactive ketones (excluding diaryl/α,β-unsaturated/α-hetero) is 2. The Labute approximate surface area is 167 Å². The molecule has 0 aliphatic rings. The summed E-state index contributed by atoms with van der Waals surface area (Å²) < 4.78 is 4.66. The number of benzene rings is 1. The van der Waals surface area contributed by atoms with Crippen LogP contribution >= 0.6 is 0 Å². The fourth-order valence-corrected chi connectivity index (χ4v) is 2.87. The highest BCUT2D eigenvalue weighted by Crippen LogP contribution is 2.22. The summed E-state index contributed by atoms with van der Waals surface area (Å²) in [6.45, 7) is 10.9. The molecule has 1 unspecified atom stereocenters. The summed E-state index contributed by atoms with van der Waals surface area (Å²) in [6, 6.07) is 5.76. The Bertz CT molecular complexity index is 829. The van der Waals surface area contributed by atoms with Crippen molar-refractivity contribution < 1.29 is 19.1 Å². The third-order valence-electron chi connectivity index (χ3n) is 4.52. The average molecular weight is 383 g/mol. The van der Waals surface area contributed by atoms with Crippen LogP contribution in [0.2, 0.25) is 0 Å². The van der Waals surface area contributed by atoms with Gasteiger partial charge in [0.1, 0.15) is 0 Å². The van der Waals surface area contributed by atoms with E-state index in [1.165, 1.54) is 14.0 Å². The highest BCUT2D eigenvalue weighted by atomic mass is 16.5. The molecule has 0 heterocycles. The van der Waals surface area contributed by atoms with E-state index in [1.807, 2.05) is 32.0 Å². The van der Waals surface area contributed by atoms with Crippen LogP contribution in [0.4, 0.5) is 4.79 Å². The lowest BCUT2D eigenvalue weighted by Gasteiger charge is -2.27. The maximum Gasteiger partial charge on any atom is 0.408 e. The maximum atomic E-state index is 12.3. The highest BCUT2D eigenvalue weighted by molar-refractivity contribution is 5.96. The van der Waals surface area contributed by atoms with Crippen molar-refractivity contribution in [2.24, 2.45) is 0 Å². The van der Waals surface area contributed by atoms with Crippen LogP contribution < -0.4 is 5.32 Å². The predicted molar refractivity (Wildman–Crippen MR) is 110 cm³/mol. The standard InChI is InChI=1S/C23H29NO4/c1-7-8-12-23(19(5)26,24-22(27)28-6)13-11-17(3)14-20-10-9-16(2)15-21(20)18(4)25/h9-10,15H,3,7,11,13-14H2,1-2,4-6H3,(H,24,27). The quantitative estimate of drug-likeness (QED) is 0.415. The van der Waals surface area contributed by atoms with Gasteiger partial charge >= 0.3 is 6.09 Å². The van der Waals surface area contributed by atoms with Crippen LogP contribution in [0, 0.1) is 18.8 Å². The number of allylic oxidation sites excluding steroid dienone is 1. The van der Waals surface area contributed by atoms with Gasteiger partial charge in [0.15, 0.2) is 17.1 Å². The average Bonchev–Trinajstić information content (AvgIpc) is 2.64. The van der Waals surface area contributed by atoms with Gasteiger partial charge in [-0.25, -0.2) is 4.79 Å². The molecule has 0 spiro atoms. The summed E-state index contributed by atoms with van der Waals surface area (Å²) in [4.78, 5) is 36.0. The minimum absolute atomic E-state index is 0.00533. The van der Waals surface area contributed by atoms with Crippen LogP contribution in [0.25, 0.3) is 0 Å². The zero-order valence-electron chi connectivity index (χ0n) is 17.4. The normalized spacial score (nSPS) is 12.2. The molecule has 1 atom stereocenters. The summed E-state index contributed by atoms with van der Waals surface area (Å²) in [7, 11) is 1.24. The number of hydrogen-bond donors (Lipinski definition) is 1. The first-order valence-corrected chi connectivity index (χ1v) is 9.29. The van der Waals surface area contributed by atoms with Crippen LogP contribution in [0.15, 0.2) is 30.4 Å². The summed E-state index contributed by atoms with van der Waals surface area (Å²) in [5.74, 6) is 5.53. The van der Waals surface area contributed by atoms with Crippen LogP contribution in [0.5, 0.6) is 0 Å². The van der Waals surface area contributed by atoms with Crippen LogP contribution in [-0.2, 0) is 16.0 Å². The molecule has 0 aromatic heterocycles. The molecule has 5 heteroatoms. The second-order valence-electron chi connectivity index (χ2n) is 6.88. The number of carbonyl (C=O) groups is 3. The maximum absolute atomic E-state index is 12.3. The van der Waals surface area contributed by atoms with Gasteiger partial charge in [0.2, 0.25) is 0 Å². The van der Waals surface area contributed by atoms with Crippen molar-refractivity contribution in [2.45, 2.75) is 58.9 Å². The van der Waals surface area contributed by atoms with E-state index in [0.717, 1.165) is 16.7 Å². The van der Waals surface area contributed by atoms with E-state index in [0.29, 0.717) is 24.8 Å². The molecule has 150 valence electrons. The van der Waals surface area contributed by atoms with Crippen molar-refractivity contribution in [3.63, 3.8) is 0 Å². The van der Waals surface area contributed by atoms with Crippen LogP contribution in [0.3, 0.4) is 0 Å². The molecule has 0 aliphatic carbocycles. The van der Waals surface area contributed by atoms with Gasteiger partial charge in [-0.1, -0.05) is 42.7 Å². The zero-order valence-corrected chi connectivity index (χ0v) is 17.4. The Morgan fingerprint density at radius 3 is 2.46 bits per heavy atom. The molecule has 0 saturated carbocycles. The predicted octanol–water partition coefficient (Wildman–Crippen LogP) is 4.17. The number of nitrogens with one attached hydrogen (secondary N) is 1. The van der Waals surface area contributed by atoms with Crippen molar-refractivity contribution >= 4 is 17.7 Å². The summed E-state index contributed by atoms with van der Waals surface area (Å²) in [5, 5.41) is 2.59. The summed E-state index contributed by atoms with van der Waals surface area (Å²) in [5.41, 5.74) is 2.13. The van der Waals surface area contributed by atoms with Gasteiger partial charge in [-0.05, 0) is 51.7 Å². The molecule has 0 saturated heterocycles. The third-order valence-corrected chi connectivity index (χ3v) is 4.52. The highest BCUT2D eigenvalue weighted by Gasteiger charge is 2.35. The molecule has 1 aromatic carbocycles. The molecule has 0 radical (unpaired) electrons. The van der Waals surface area contributed by atoms with Crippen LogP contribution in [0.1, 0.15) is 61.5 Å². The molecular weight excluding hydrogens is 354 g/mol. The topological polar surface area (TPSA) is 72.5 Å². The summed E-state index contributed by atoms with van der Waals surface area (Å²) >= 11 is 0. The summed E-state index contributed by atoms with van der Waals surface area (Å²) in [6.07, 6.45) is 1.12. The molecule has 1 N–H and O–H groups in total. The van der Waals surface area contributed by atoms with E-state index in [1.54, 1.807) is 6.92 Å². The Balaban J connectivity index is 3.01. The van der Waals surface area contributed by atoms with Gasteiger partial charge in [0.05, 0.1) is 7.11 Å². The van der Waals surface area contributed by atoms with E-state index in [2.05, 4.69) is 28.5 Å². The SMILES string of the molecule is C=C(CCC(C#CCC)(NC(=O)OC)C(C)=O)Cc1ccc(C)cc1C(C)=O. The van der Waals surface area contributed by atoms with Crippen molar-refractivity contribution in [1.29, 1.82) is 0 Å². The number of ketones is 2.